The van der Waals surface area contributed by atoms with Crippen LogP contribution in [0.25, 0.3) is 5.82 Å². The summed E-state index contributed by atoms with van der Waals surface area (Å²) in [6.07, 6.45) is 10.6. The predicted octanol–water partition coefficient (Wildman–Crippen LogP) is 3.46. The van der Waals surface area contributed by atoms with E-state index in [9.17, 15) is 0 Å². The van der Waals surface area contributed by atoms with E-state index in [0.29, 0.717) is 12.5 Å². The van der Waals surface area contributed by atoms with Crippen LogP contribution < -0.4 is 10.6 Å². The fourth-order valence-corrected chi connectivity index (χ4v) is 2.87. The van der Waals surface area contributed by atoms with Crippen LogP contribution in [-0.4, -0.2) is 34.1 Å². The van der Waals surface area contributed by atoms with Gasteiger partial charge in [-0.3, -0.25) is 9.56 Å². The minimum absolute atomic E-state index is 0.696. The molecule has 1 atom stereocenters. The molecule has 0 saturated carbocycles. The molecule has 142 valence electrons. The summed E-state index contributed by atoms with van der Waals surface area (Å²) in [4.78, 5) is 13.1. The standard InChI is InChI=1S/C20H32N6/c1-5-7-8-17(6-2)13-24-20(21-4)25-15-18-9-10-19(23-14-18)26-12-11-22-16(26)3/h9-12,14,17H,5-8,13,15H2,1-4H3,(H2,21,24,25). The maximum absolute atomic E-state index is 4.53. The molecule has 2 heterocycles. The molecule has 0 aromatic carbocycles. The molecule has 2 N–H and O–H groups in total. The molecule has 0 spiro atoms. The van der Waals surface area contributed by atoms with E-state index in [-0.39, 0.29) is 0 Å². The van der Waals surface area contributed by atoms with Gasteiger partial charge in [0.1, 0.15) is 11.6 Å². The Morgan fingerprint density at radius 2 is 2.08 bits per heavy atom. The topological polar surface area (TPSA) is 67.1 Å². The lowest BCUT2D eigenvalue weighted by atomic mass is 9.99. The molecular weight excluding hydrogens is 324 g/mol. The number of hydrogen-bond acceptors (Lipinski definition) is 3. The summed E-state index contributed by atoms with van der Waals surface area (Å²) in [5.74, 6) is 3.36. The maximum atomic E-state index is 4.53. The predicted molar refractivity (Wildman–Crippen MR) is 108 cm³/mol. The molecule has 26 heavy (non-hydrogen) atoms. The molecule has 6 heteroatoms. The van der Waals surface area contributed by atoms with Crippen LogP contribution in [0.3, 0.4) is 0 Å². The molecule has 1 unspecified atom stereocenters. The van der Waals surface area contributed by atoms with Gasteiger partial charge in [-0.2, -0.15) is 0 Å². The smallest absolute Gasteiger partial charge is 0.191 e. The Balaban J connectivity index is 1.83. The minimum Gasteiger partial charge on any atom is -0.356 e. The molecule has 0 bridgehead atoms. The summed E-state index contributed by atoms with van der Waals surface area (Å²) in [5, 5.41) is 6.81. The summed E-state index contributed by atoms with van der Waals surface area (Å²) < 4.78 is 1.97. The van der Waals surface area contributed by atoms with Gasteiger partial charge >= 0.3 is 0 Å². The van der Waals surface area contributed by atoms with E-state index >= 15 is 0 Å². The second kappa shape index (κ2) is 10.6. The van der Waals surface area contributed by atoms with Gasteiger partial charge in [-0.05, 0) is 30.9 Å². The van der Waals surface area contributed by atoms with Gasteiger partial charge in [-0.1, -0.05) is 39.2 Å². The molecule has 0 amide bonds. The zero-order valence-electron chi connectivity index (χ0n) is 16.5. The maximum Gasteiger partial charge on any atom is 0.191 e. The molecule has 0 aliphatic rings. The van der Waals surface area contributed by atoms with Crippen LogP contribution in [0.4, 0.5) is 0 Å². The number of imidazole rings is 1. The Labute approximate surface area is 157 Å². The SMILES string of the molecule is CCCCC(CC)CNC(=NC)NCc1ccc(-n2ccnc2C)nc1. The van der Waals surface area contributed by atoms with E-state index < -0.39 is 0 Å². The van der Waals surface area contributed by atoms with Crippen molar-refractivity contribution in [2.75, 3.05) is 13.6 Å². The normalized spacial score (nSPS) is 12.8. The highest BCUT2D eigenvalue weighted by molar-refractivity contribution is 5.79. The quantitative estimate of drug-likeness (QED) is 0.533. The third-order valence-corrected chi connectivity index (χ3v) is 4.67. The summed E-state index contributed by atoms with van der Waals surface area (Å²) in [7, 11) is 1.81. The molecule has 2 rings (SSSR count). The number of aromatic nitrogens is 3. The second-order valence-corrected chi connectivity index (χ2v) is 6.59. The Hall–Kier alpha value is -2.37. The van der Waals surface area contributed by atoms with Crippen molar-refractivity contribution >= 4 is 5.96 Å². The van der Waals surface area contributed by atoms with Crippen LogP contribution in [0.1, 0.15) is 50.9 Å². The number of pyridine rings is 1. The summed E-state index contributed by atoms with van der Waals surface area (Å²) >= 11 is 0. The van der Waals surface area contributed by atoms with Crippen LogP contribution in [0, 0.1) is 12.8 Å². The number of rotatable bonds is 9. The Kier molecular flexibility index (Phi) is 8.12. The van der Waals surface area contributed by atoms with Crippen molar-refractivity contribution < 1.29 is 0 Å². The molecule has 2 aromatic rings. The average Bonchev–Trinajstić information content (AvgIpc) is 3.10. The van der Waals surface area contributed by atoms with Gasteiger partial charge in [0, 0.05) is 38.7 Å². The van der Waals surface area contributed by atoms with Crippen molar-refractivity contribution in [2.24, 2.45) is 10.9 Å². The third kappa shape index (κ3) is 5.86. The highest BCUT2D eigenvalue weighted by atomic mass is 15.2. The van der Waals surface area contributed by atoms with Crippen molar-refractivity contribution in [3.8, 4) is 5.82 Å². The lowest BCUT2D eigenvalue weighted by Gasteiger charge is -2.18. The molecule has 0 aliphatic heterocycles. The molecule has 0 saturated heterocycles. The Morgan fingerprint density at radius 1 is 1.23 bits per heavy atom. The lowest BCUT2D eigenvalue weighted by molar-refractivity contribution is 0.443. The third-order valence-electron chi connectivity index (χ3n) is 4.67. The van der Waals surface area contributed by atoms with E-state index in [4.69, 9.17) is 0 Å². The molecule has 6 nitrogen and oxygen atoms in total. The second-order valence-electron chi connectivity index (χ2n) is 6.59. The van der Waals surface area contributed by atoms with Crippen LogP contribution in [0.2, 0.25) is 0 Å². The first-order valence-electron chi connectivity index (χ1n) is 9.57. The first-order chi connectivity index (χ1) is 12.7. The summed E-state index contributed by atoms with van der Waals surface area (Å²) in [5.41, 5.74) is 1.12. The van der Waals surface area contributed by atoms with Crippen molar-refractivity contribution in [2.45, 2.75) is 53.0 Å². The summed E-state index contributed by atoms with van der Waals surface area (Å²) in [6.45, 7) is 8.13. The highest BCUT2D eigenvalue weighted by Crippen LogP contribution is 2.11. The van der Waals surface area contributed by atoms with Crippen LogP contribution in [-0.2, 0) is 6.54 Å². The van der Waals surface area contributed by atoms with Crippen LogP contribution in [0.15, 0.2) is 35.7 Å². The summed E-state index contributed by atoms with van der Waals surface area (Å²) in [6, 6.07) is 4.10. The molecular formula is C20H32N6. The molecule has 2 aromatic heterocycles. The minimum atomic E-state index is 0.696. The van der Waals surface area contributed by atoms with Crippen LogP contribution >= 0.6 is 0 Å². The Morgan fingerprint density at radius 3 is 2.65 bits per heavy atom. The number of unbranched alkanes of at least 4 members (excludes halogenated alkanes) is 1. The fourth-order valence-electron chi connectivity index (χ4n) is 2.87. The number of nitrogens with one attached hydrogen (secondary N) is 2. The van der Waals surface area contributed by atoms with Gasteiger partial charge in [-0.15, -0.1) is 0 Å². The van der Waals surface area contributed by atoms with E-state index in [0.717, 1.165) is 29.7 Å². The van der Waals surface area contributed by atoms with E-state index in [1.54, 1.807) is 6.20 Å². The average molecular weight is 357 g/mol. The van der Waals surface area contributed by atoms with E-state index in [1.807, 2.05) is 37.0 Å². The molecule has 0 radical (unpaired) electrons. The van der Waals surface area contributed by atoms with Gasteiger partial charge < -0.3 is 10.6 Å². The molecule has 0 fully saturated rings. The number of aryl methyl sites for hydroxylation is 1. The zero-order valence-corrected chi connectivity index (χ0v) is 16.5. The van der Waals surface area contributed by atoms with Crippen molar-refractivity contribution in [3.05, 3.63) is 42.1 Å². The van der Waals surface area contributed by atoms with Crippen molar-refractivity contribution in [1.29, 1.82) is 0 Å². The first-order valence-corrected chi connectivity index (χ1v) is 9.57. The van der Waals surface area contributed by atoms with Gasteiger partial charge in [0.05, 0.1) is 0 Å². The van der Waals surface area contributed by atoms with E-state index in [2.05, 4.69) is 45.5 Å². The first kappa shape index (κ1) is 19.9. The monoisotopic (exact) mass is 356 g/mol. The van der Waals surface area contributed by atoms with Gasteiger partial charge in [0.25, 0.3) is 0 Å². The number of aliphatic imine (C=N–C) groups is 1. The largest absolute Gasteiger partial charge is 0.356 e. The van der Waals surface area contributed by atoms with Crippen molar-refractivity contribution in [3.63, 3.8) is 0 Å². The van der Waals surface area contributed by atoms with Gasteiger partial charge in [-0.25, -0.2) is 9.97 Å². The number of nitrogens with zero attached hydrogens (tertiary/aromatic N) is 4. The van der Waals surface area contributed by atoms with Crippen molar-refractivity contribution in [1.82, 2.24) is 25.2 Å². The van der Waals surface area contributed by atoms with Gasteiger partial charge in [0.2, 0.25) is 0 Å². The van der Waals surface area contributed by atoms with Gasteiger partial charge in [0.15, 0.2) is 5.96 Å². The molecule has 0 aliphatic carbocycles. The fraction of sp³-hybridized carbons (Fsp3) is 0.550. The zero-order chi connectivity index (χ0) is 18.8. The Bertz CT molecular complexity index is 674. The number of hydrogen-bond donors (Lipinski definition) is 2. The number of guanidine groups is 1. The van der Waals surface area contributed by atoms with Crippen LogP contribution in [0.5, 0.6) is 0 Å². The van der Waals surface area contributed by atoms with E-state index in [1.165, 1.54) is 25.7 Å². The lowest BCUT2D eigenvalue weighted by Crippen LogP contribution is -2.39. The highest BCUT2D eigenvalue weighted by Gasteiger charge is 2.07.